The average molecular weight is 444 g/mol. The zero-order valence-electron chi connectivity index (χ0n) is 15.0. The van der Waals surface area contributed by atoms with Gasteiger partial charge >= 0.3 is 5.97 Å². The summed E-state index contributed by atoms with van der Waals surface area (Å²) in [6, 6.07) is 15.0. The third-order valence-electron chi connectivity index (χ3n) is 4.49. The van der Waals surface area contributed by atoms with Crippen molar-refractivity contribution >= 4 is 44.5 Å². The summed E-state index contributed by atoms with van der Waals surface area (Å²) in [5, 5.41) is 1.00. The summed E-state index contributed by atoms with van der Waals surface area (Å²) >= 11 is 3.43. The molecule has 0 saturated heterocycles. The second-order valence-corrected chi connectivity index (χ2v) is 7.33. The van der Waals surface area contributed by atoms with E-state index in [1.165, 1.54) is 0 Å². The van der Waals surface area contributed by atoms with Gasteiger partial charge in [-0.3, -0.25) is 9.59 Å². The van der Waals surface area contributed by atoms with E-state index in [0.29, 0.717) is 17.9 Å². The van der Waals surface area contributed by atoms with Gasteiger partial charge in [0.15, 0.2) is 6.61 Å². The maximum Gasteiger partial charge on any atom is 0.307 e. The zero-order valence-corrected chi connectivity index (χ0v) is 16.6. The Balaban J connectivity index is 1.28. The highest BCUT2D eigenvalue weighted by atomic mass is 79.9. The van der Waals surface area contributed by atoms with E-state index in [9.17, 15) is 9.59 Å². The molecule has 2 aromatic carbocycles. The van der Waals surface area contributed by atoms with E-state index < -0.39 is 0 Å². The van der Waals surface area contributed by atoms with Crippen LogP contribution < -0.4 is 9.64 Å². The maximum absolute atomic E-state index is 12.1. The first-order chi connectivity index (χ1) is 13.6. The molecule has 0 unspecified atom stereocenters. The maximum atomic E-state index is 12.1. The Morgan fingerprint density at radius 1 is 1.18 bits per heavy atom. The van der Waals surface area contributed by atoms with Crippen LogP contribution in [0.4, 0.5) is 5.69 Å². The van der Waals surface area contributed by atoms with Crippen LogP contribution in [0.5, 0.6) is 5.75 Å². The first-order valence-electron chi connectivity index (χ1n) is 8.96. The number of benzene rings is 2. The van der Waals surface area contributed by atoms with E-state index in [0.717, 1.165) is 21.2 Å². The SMILES string of the molecule is O=C(CCN1C(=O)COc2ccccc21)OCCc1cc2cc(Br)ccc2o1. The Hall–Kier alpha value is -2.80. The van der Waals surface area contributed by atoms with Crippen molar-refractivity contribution < 1.29 is 23.5 Å². The highest BCUT2D eigenvalue weighted by Gasteiger charge is 2.25. The van der Waals surface area contributed by atoms with Gasteiger partial charge in [0.1, 0.15) is 17.1 Å². The van der Waals surface area contributed by atoms with Crippen molar-refractivity contribution in [2.24, 2.45) is 0 Å². The third kappa shape index (κ3) is 4.04. The topological polar surface area (TPSA) is 69.0 Å². The van der Waals surface area contributed by atoms with Gasteiger partial charge in [-0.05, 0) is 36.4 Å². The fourth-order valence-electron chi connectivity index (χ4n) is 3.13. The van der Waals surface area contributed by atoms with E-state index in [1.807, 2.05) is 36.4 Å². The van der Waals surface area contributed by atoms with Crippen LogP contribution in [0.15, 0.2) is 57.4 Å². The molecular formula is C21H18BrNO5. The quantitative estimate of drug-likeness (QED) is 0.536. The van der Waals surface area contributed by atoms with Crippen molar-refractivity contribution in [3.05, 3.63) is 58.8 Å². The van der Waals surface area contributed by atoms with Crippen LogP contribution in [-0.4, -0.2) is 31.6 Å². The molecule has 4 rings (SSSR count). The summed E-state index contributed by atoms with van der Waals surface area (Å²) in [5.74, 6) is 0.890. The molecule has 28 heavy (non-hydrogen) atoms. The van der Waals surface area contributed by atoms with Crippen LogP contribution in [0, 0.1) is 0 Å². The van der Waals surface area contributed by atoms with Crippen molar-refractivity contribution in [3.8, 4) is 5.75 Å². The summed E-state index contributed by atoms with van der Waals surface area (Å²) in [4.78, 5) is 25.8. The summed E-state index contributed by atoms with van der Waals surface area (Å²) in [5.41, 5.74) is 1.48. The molecule has 0 radical (unpaired) electrons. The largest absolute Gasteiger partial charge is 0.482 e. The number of hydrogen-bond acceptors (Lipinski definition) is 5. The predicted molar refractivity (Wildman–Crippen MR) is 107 cm³/mol. The van der Waals surface area contributed by atoms with Crippen LogP contribution in [-0.2, 0) is 20.7 Å². The number of hydrogen-bond donors (Lipinski definition) is 0. The minimum absolute atomic E-state index is 0.0196. The average Bonchev–Trinajstić information content (AvgIpc) is 3.09. The highest BCUT2D eigenvalue weighted by molar-refractivity contribution is 9.10. The lowest BCUT2D eigenvalue weighted by Gasteiger charge is -2.28. The van der Waals surface area contributed by atoms with Gasteiger partial charge < -0.3 is 18.8 Å². The van der Waals surface area contributed by atoms with Gasteiger partial charge in [0.05, 0.1) is 18.7 Å². The van der Waals surface area contributed by atoms with E-state index in [1.54, 1.807) is 17.0 Å². The van der Waals surface area contributed by atoms with Gasteiger partial charge in [-0.2, -0.15) is 0 Å². The minimum atomic E-state index is -0.351. The molecule has 6 nitrogen and oxygen atoms in total. The zero-order chi connectivity index (χ0) is 19.5. The van der Waals surface area contributed by atoms with Crippen molar-refractivity contribution in [1.29, 1.82) is 0 Å². The number of fused-ring (bicyclic) bond motifs is 2. The fourth-order valence-corrected chi connectivity index (χ4v) is 3.51. The third-order valence-corrected chi connectivity index (χ3v) is 4.98. The van der Waals surface area contributed by atoms with Crippen molar-refractivity contribution in [2.75, 3.05) is 24.7 Å². The molecule has 2 heterocycles. The first-order valence-corrected chi connectivity index (χ1v) is 9.75. The lowest BCUT2D eigenvalue weighted by atomic mass is 10.2. The lowest BCUT2D eigenvalue weighted by Crippen LogP contribution is -2.40. The minimum Gasteiger partial charge on any atom is -0.482 e. The summed E-state index contributed by atoms with van der Waals surface area (Å²) in [7, 11) is 0. The molecule has 1 aromatic heterocycles. The van der Waals surface area contributed by atoms with Crippen molar-refractivity contribution in [1.82, 2.24) is 0 Å². The fraction of sp³-hybridized carbons (Fsp3) is 0.238. The molecule has 0 N–H and O–H groups in total. The Kier molecular flexibility index (Phi) is 5.34. The number of halogens is 1. The molecule has 3 aromatic rings. The monoisotopic (exact) mass is 443 g/mol. The Bertz CT molecular complexity index is 1030. The Morgan fingerprint density at radius 2 is 2.04 bits per heavy atom. The first kappa shape index (κ1) is 18.6. The molecule has 0 fully saturated rings. The normalized spacial score (nSPS) is 13.3. The number of ether oxygens (including phenoxy) is 2. The van der Waals surface area contributed by atoms with Crippen LogP contribution in [0.2, 0.25) is 0 Å². The molecule has 1 aliphatic rings. The van der Waals surface area contributed by atoms with Gasteiger partial charge in [0.2, 0.25) is 0 Å². The van der Waals surface area contributed by atoms with Gasteiger partial charge in [0, 0.05) is 22.8 Å². The standard InChI is InChI=1S/C21H18BrNO5/c22-15-5-6-18-14(11-15)12-16(28-18)8-10-26-21(25)7-9-23-17-3-1-2-4-19(17)27-13-20(23)24/h1-6,11-12H,7-10,13H2. The summed E-state index contributed by atoms with van der Waals surface area (Å²) in [6.07, 6.45) is 0.616. The van der Waals surface area contributed by atoms with Crippen LogP contribution in [0.1, 0.15) is 12.2 Å². The van der Waals surface area contributed by atoms with Crippen molar-refractivity contribution in [2.45, 2.75) is 12.8 Å². The van der Waals surface area contributed by atoms with E-state index >= 15 is 0 Å². The molecule has 1 amide bonds. The number of amides is 1. The summed E-state index contributed by atoms with van der Waals surface area (Å²) in [6.45, 7) is 0.471. The molecule has 0 bridgehead atoms. The lowest BCUT2D eigenvalue weighted by molar-refractivity contribution is -0.143. The second kappa shape index (κ2) is 8.06. The number of esters is 1. The van der Waals surface area contributed by atoms with Crippen LogP contribution in [0.3, 0.4) is 0 Å². The van der Waals surface area contributed by atoms with Crippen LogP contribution >= 0.6 is 15.9 Å². The Labute approximate surface area is 170 Å². The number of rotatable bonds is 6. The molecular weight excluding hydrogens is 426 g/mol. The van der Waals surface area contributed by atoms with Crippen LogP contribution in [0.25, 0.3) is 11.0 Å². The smallest absolute Gasteiger partial charge is 0.307 e. The second-order valence-electron chi connectivity index (χ2n) is 6.42. The number of para-hydroxylation sites is 2. The number of nitrogens with zero attached hydrogens (tertiary/aromatic N) is 1. The van der Waals surface area contributed by atoms with Gasteiger partial charge in [-0.25, -0.2) is 0 Å². The van der Waals surface area contributed by atoms with Gasteiger partial charge in [-0.15, -0.1) is 0 Å². The van der Waals surface area contributed by atoms with E-state index in [4.69, 9.17) is 13.9 Å². The summed E-state index contributed by atoms with van der Waals surface area (Å²) < 4.78 is 17.4. The number of anilines is 1. The number of furan rings is 1. The number of carbonyl (C=O) groups is 2. The molecule has 0 spiro atoms. The van der Waals surface area contributed by atoms with E-state index in [-0.39, 0.29) is 38.1 Å². The van der Waals surface area contributed by atoms with Gasteiger partial charge in [-0.1, -0.05) is 28.1 Å². The Morgan fingerprint density at radius 3 is 2.93 bits per heavy atom. The molecule has 1 aliphatic heterocycles. The molecule has 144 valence electrons. The molecule has 0 saturated carbocycles. The highest BCUT2D eigenvalue weighted by Crippen LogP contribution is 2.31. The molecule has 7 heteroatoms. The van der Waals surface area contributed by atoms with Gasteiger partial charge in [0.25, 0.3) is 5.91 Å². The number of carbonyl (C=O) groups excluding carboxylic acids is 2. The van der Waals surface area contributed by atoms with Crippen molar-refractivity contribution in [3.63, 3.8) is 0 Å². The van der Waals surface area contributed by atoms with E-state index in [2.05, 4.69) is 15.9 Å². The predicted octanol–water partition coefficient (Wildman–Crippen LogP) is 4.10. The molecule has 0 atom stereocenters. The molecule has 0 aliphatic carbocycles.